The maximum absolute atomic E-state index is 14.1. The molecule has 0 atom stereocenters. The molecular formula is C28H23FN2O3S. The summed E-state index contributed by atoms with van der Waals surface area (Å²) in [4.78, 5) is 18.5. The Balaban J connectivity index is 1.48. The lowest BCUT2D eigenvalue weighted by Crippen LogP contribution is -2.25. The molecule has 0 saturated carbocycles. The summed E-state index contributed by atoms with van der Waals surface area (Å²) in [5.74, 6) is 0.812. The average Bonchev–Trinajstić information content (AvgIpc) is 3.29. The monoisotopic (exact) mass is 486 g/mol. The van der Waals surface area contributed by atoms with E-state index < -0.39 is 0 Å². The van der Waals surface area contributed by atoms with Gasteiger partial charge in [-0.2, -0.15) is 0 Å². The van der Waals surface area contributed by atoms with Crippen LogP contribution >= 0.6 is 11.3 Å². The zero-order chi connectivity index (χ0) is 24.4. The first-order valence-corrected chi connectivity index (χ1v) is 12.0. The molecule has 3 aromatic carbocycles. The zero-order valence-electron chi connectivity index (χ0n) is 19.3. The van der Waals surface area contributed by atoms with E-state index in [2.05, 4.69) is 10.3 Å². The van der Waals surface area contributed by atoms with Crippen LogP contribution in [0.5, 0.6) is 11.5 Å². The molecule has 0 bridgehead atoms. The van der Waals surface area contributed by atoms with Crippen molar-refractivity contribution in [2.24, 2.45) is 0 Å². The van der Waals surface area contributed by atoms with E-state index in [4.69, 9.17) is 9.47 Å². The highest BCUT2D eigenvalue weighted by molar-refractivity contribution is 7.22. The molecule has 176 valence electrons. The summed E-state index contributed by atoms with van der Waals surface area (Å²) in [5.41, 5.74) is 3.45. The standard InChI is InChI=1S/C28H23FN2O3S/c1-33-23-11-8-17(14-24(23)34-2)12-13-30-28(32)27-25(18-6-4-3-5-7-18)21-16-31-22-10-9-19(29)15-20(22)26(21)35-27/h3-11,14-16H,12-13H2,1-2H3,(H,30,32). The van der Waals surface area contributed by atoms with E-state index in [1.807, 2.05) is 48.5 Å². The van der Waals surface area contributed by atoms with Gasteiger partial charge in [0, 0.05) is 33.8 Å². The molecule has 35 heavy (non-hydrogen) atoms. The topological polar surface area (TPSA) is 60.5 Å². The number of thiophene rings is 1. The van der Waals surface area contributed by atoms with Crippen LogP contribution in [0.15, 0.2) is 72.9 Å². The highest BCUT2D eigenvalue weighted by atomic mass is 32.1. The van der Waals surface area contributed by atoms with Crippen LogP contribution in [0.4, 0.5) is 4.39 Å². The number of nitrogens with zero attached hydrogens (tertiary/aromatic N) is 1. The number of halogens is 1. The van der Waals surface area contributed by atoms with Crippen LogP contribution in [0.2, 0.25) is 0 Å². The van der Waals surface area contributed by atoms with Crippen molar-refractivity contribution >= 4 is 38.2 Å². The van der Waals surface area contributed by atoms with Crippen LogP contribution < -0.4 is 14.8 Å². The summed E-state index contributed by atoms with van der Waals surface area (Å²) in [7, 11) is 3.20. The number of benzene rings is 3. The Labute approximate surface area is 206 Å². The lowest BCUT2D eigenvalue weighted by atomic mass is 10.0. The Hall–Kier alpha value is -3.97. The first-order chi connectivity index (χ1) is 17.1. The molecule has 0 aliphatic heterocycles. The molecule has 5 nitrogen and oxygen atoms in total. The van der Waals surface area contributed by atoms with E-state index in [-0.39, 0.29) is 11.7 Å². The predicted molar refractivity (Wildman–Crippen MR) is 138 cm³/mol. The van der Waals surface area contributed by atoms with Crippen LogP contribution in [-0.4, -0.2) is 31.7 Å². The Morgan fingerprint density at radius 1 is 0.971 bits per heavy atom. The number of ether oxygens (including phenoxy) is 2. The molecule has 0 saturated heterocycles. The number of nitrogens with one attached hydrogen (secondary N) is 1. The lowest BCUT2D eigenvalue weighted by molar-refractivity contribution is 0.0959. The SMILES string of the molecule is COc1ccc(CCNC(=O)c2sc3c(cnc4ccc(F)cc43)c2-c2ccccc2)cc1OC. The fraction of sp³-hybridized carbons (Fsp3) is 0.143. The number of rotatable bonds is 7. The first kappa shape index (κ1) is 22.8. The Morgan fingerprint density at radius 3 is 2.54 bits per heavy atom. The van der Waals surface area contributed by atoms with E-state index >= 15 is 0 Å². The number of carbonyl (C=O) groups is 1. The summed E-state index contributed by atoms with van der Waals surface area (Å²) in [6.45, 7) is 0.449. The first-order valence-electron chi connectivity index (χ1n) is 11.1. The minimum absolute atomic E-state index is 0.171. The van der Waals surface area contributed by atoms with Gasteiger partial charge < -0.3 is 14.8 Å². The average molecular weight is 487 g/mol. The molecule has 7 heteroatoms. The van der Waals surface area contributed by atoms with Crippen molar-refractivity contribution in [3.63, 3.8) is 0 Å². The van der Waals surface area contributed by atoms with Crippen molar-refractivity contribution in [3.05, 3.63) is 89.2 Å². The molecule has 2 aromatic heterocycles. The maximum Gasteiger partial charge on any atom is 0.262 e. The quantitative estimate of drug-likeness (QED) is 0.296. The molecule has 0 unspecified atom stereocenters. The molecular weight excluding hydrogens is 463 g/mol. The molecule has 2 heterocycles. The van der Waals surface area contributed by atoms with Crippen LogP contribution in [0.3, 0.4) is 0 Å². The fourth-order valence-corrected chi connectivity index (χ4v) is 5.43. The second-order valence-corrected chi connectivity index (χ2v) is 9.05. The minimum atomic E-state index is -0.331. The van der Waals surface area contributed by atoms with Crippen LogP contribution in [0, 0.1) is 5.82 Å². The van der Waals surface area contributed by atoms with Gasteiger partial charge in [-0.15, -0.1) is 11.3 Å². The second-order valence-electron chi connectivity index (χ2n) is 8.03. The minimum Gasteiger partial charge on any atom is -0.493 e. The number of aromatic nitrogens is 1. The van der Waals surface area contributed by atoms with E-state index in [1.54, 1.807) is 26.5 Å². The molecule has 1 N–H and O–H groups in total. The van der Waals surface area contributed by atoms with E-state index in [0.29, 0.717) is 40.2 Å². The maximum atomic E-state index is 14.1. The van der Waals surface area contributed by atoms with Gasteiger partial charge in [0.05, 0.1) is 19.7 Å². The van der Waals surface area contributed by atoms with Crippen molar-refractivity contribution < 1.29 is 18.7 Å². The van der Waals surface area contributed by atoms with Crippen molar-refractivity contribution in [2.45, 2.75) is 6.42 Å². The van der Waals surface area contributed by atoms with E-state index in [1.165, 1.54) is 23.5 Å². The van der Waals surface area contributed by atoms with Gasteiger partial charge in [-0.05, 0) is 47.9 Å². The van der Waals surface area contributed by atoms with Crippen molar-refractivity contribution in [2.75, 3.05) is 20.8 Å². The molecule has 0 aliphatic rings. The molecule has 0 radical (unpaired) electrons. The third-order valence-corrected chi connectivity index (χ3v) is 7.13. The number of pyridine rings is 1. The summed E-state index contributed by atoms with van der Waals surface area (Å²) in [5, 5.41) is 4.59. The second kappa shape index (κ2) is 9.72. The van der Waals surface area contributed by atoms with Crippen molar-refractivity contribution in [1.29, 1.82) is 0 Å². The number of methoxy groups -OCH3 is 2. The zero-order valence-corrected chi connectivity index (χ0v) is 20.1. The van der Waals surface area contributed by atoms with Gasteiger partial charge in [-0.25, -0.2) is 4.39 Å². The molecule has 0 fully saturated rings. The third kappa shape index (κ3) is 4.42. The highest BCUT2D eigenvalue weighted by Crippen LogP contribution is 2.41. The van der Waals surface area contributed by atoms with Gasteiger partial charge in [-0.3, -0.25) is 9.78 Å². The van der Waals surface area contributed by atoms with Gasteiger partial charge in [0.1, 0.15) is 10.7 Å². The molecule has 0 aliphatic carbocycles. The molecule has 1 amide bonds. The largest absolute Gasteiger partial charge is 0.493 e. The lowest BCUT2D eigenvalue weighted by Gasteiger charge is -2.10. The molecule has 0 spiro atoms. The van der Waals surface area contributed by atoms with E-state index in [0.717, 1.165) is 26.8 Å². The van der Waals surface area contributed by atoms with Crippen LogP contribution in [-0.2, 0) is 6.42 Å². The fourth-order valence-electron chi connectivity index (χ4n) is 4.19. The summed E-state index contributed by atoms with van der Waals surface area (Å²) >= 11 is 1.37. The summed E-state index contributed by atoms with van der Waals surface area (Å²) in [6.07, 6.45) is 2.40. The summed E-state index contributed by atoms with van der Waals surface area (Å²) < 4.78 is 25.6. The Kier molecular flexibility index (Phi) is 6.33. The number of amides is 1. The van der Waals surface area contributed by atoms with Crippen LogP contribution in [0.1, 0.15) is 15.2 Å². The van der Waals surface area contributed by atoms with Gasteiger partial charge >= 0.3 is 0 Å². The normalized spacial score (nSPS) is 11.1. The molecule has 5 rings (SSSR count). The number of hydrogen-bond donors (Lipinski definition) is 1. The van der Waals surface area contributed by atoms with Gasteiger partial charge in [0.2, 0.25) is 0 Å². The predicted octanol–water partition coefficient (Wildman–Crippen LogP) is 6.25. The van der Waals surface area contributed by atoms with Crippen LogP contribution in [0.25, 0.3) is 32.1 Å². The smallest absolute Gasteiger partial charge is 0.262 e. The Bertz CT molecular complexity index is 1530. The summed E-state index contributed by atoms with van der Waals surface area (Å²) in [6, 6.07) is 20.0. The van der Waals surface area contributed by atoms with Gasteiger partial charge in [0.15, 0.2) is 11.5 Å². The van der Waals surface area contributed by atoms with Gasteiger partial charge in [-0.1, -0.05) is 36.4 Å². The third-order valence-electron chi connectivity index (χ3n) is 5.90. The molecule has 5 aromatic rings. The highest BCUT2D eigenvalue weighted by Gasteiger charge is 2.21. The van der Waals surface area contributed by atoms with Gasteiger partial charge in [0.25, 0.3) is 5.91 Å². The number of fused-ring (bicyclic) bond motifs is 3. The van der Waals surface area contributed by atoms with Crippen molar-refractivity contribution in [1.82, 2.24) is 10.3 Å². The number of carbonyl (C=O) groups excluding carboxylic acids is 1. The van der Waals surface area contributed by atoms with E-state index in [9.17, 15) is 9.18 Å². The number of hydrogen-bond acceptors (Lipinski definition) is 5. The Morgan fingerprint density at radius 2 is 1.77 bits per heavy atom. The van der Waals surface area contributed by atoms with Crippen molar-refractivity contribution in [3.8, 4) is 22.6 Å².